The van der Waals surface area contributed by atoms with Crippen molar-refractivity contribution in [2.24, 2.45) is 0 Å². The summed E-state index contributed by atoms with van der Waals surface area (Å²) in [5.74, 6) is 0. The van der Waals surface area contributed by atoms with Gasteiger partial charge in [-0.2, -0.15) is 0 Å². The third-order valence-electron chi connectivity index (χ3n) is 10.4. The van der Waals surface area contributed by atoms with Gasteiger partial charge in [0, 0.05) is 56.7 Å². The predicted molar refractivity (Wildman–Crippen MR) is 215 cm³/mol. The second-order valence-electron chi connectivity index (χ2n) is 13.4. The van der Waals surface area contributed by atoms with E-state index < -0.39 is 0 Å². The molecular weight excluding hydrogens is 663 g/mol. The lowest BCUT2D eigenvalue weighted by Gasteiger charge is -2.39. The first-order valence-electron chi connectivity index (χ1n) is 17.4. The zero-order valence-corrected chi connectivity index (χ0v) is 29.0. The van der Waals surface area contributed by atoms with Crippen LogP contribution in [0.15, 0.2) is 156 Å². The zero-order valence-electron chi connectivity index (χ0n) is 27.4. The molecule has 1 saturated heterocycles. The molecule has 7 aromatic carbocycles. The fourth-order valence-electron chi connectivity index (χ4n) is 7.97. The van der Waals surface area contributed by atoms with Crippen LogP contribution in [-0.2, 0) is 0 Å². The molecule has 0 spiro atoms. The van der Waals surface area contributed by atoms with E-state index in [4.69, 9.17) is 4.42 Å². The lowest BCUT2D eigenvalue weighted by Crippen LogP contribution is -2.54. The van der Waals surface area contributed by atoms with E-state index in [1.807, 2.05) is 22.7 Å². The van der Waals surface area contributed by atoms with Crippen molar-refractivity contribution in [2.45, 2.75) is 18.5 Å². The molecule has 3 N–H and O–H groups in total. The first-order chi connectivity index (χ1) is 25.2. The van der Waals surface area contributed by atoms with E-state index in [-0.39, 0.29) is 18.5 Å². The van der Waals surface area contributed by atoms with Crippen LogP contribution in [0.2, 0.25) is 0 Å². The fourth-order valence-corrected chi connectivity index (χ4v) is 10.3. The van der Waals surface area contributed by atoms with Crippen molar-refractivity contribution in [3.05, 3.63) is 168 Å². The van der Waals surface area contributed by atoms with Crippen molar-refractivity contribution < 1.29 is 4.42 Å². The summed E-state index contributed by atoms with van der Waals surface area (Å²) in [5.41, 5.74) is 7.68. The van der Waals surface area contributed by atoms with Gasteiger partial charge in [0.05, 0.1) is 18.5 Å². The molecule has 0 amide bonds. The third-order valence-corrected chi connectivity index (χ3v) is 12.8. The quantitative estimate of drug-likeness (QED) is 0.172. The summed E-state index contributed by atoms with van der Waals surface area (Å²) in [6, 6.07) is 54.7. The summed E-state index contributed by atoms with van der Waals surface area (Å²) in [5, 5.41) is 19.1. The molecule has 4 nitrogen and oxygen atoms in total. The summed E-state index contributed by atoms with van der Waals surface area (Å²) in [4.78, 5) is 0. The van der Waals surface area contributed by atoms with Gasteiger partial charge in [0.1, 0.15) is 11.2 Å². The summed E-state index contributed by atoms with van der Waals surface area (Å²) < 4.78 is 12.1. The van der Waals surface area contributed by atoms with Gasteiger partial charge in [-0.25, -0.2) is 0 Å². The molecule has 0 saturated carbocycles. The predicted octanol–water partition coefficient (Wildman–Crippen LogP) is 12.2. The number of furan rings is 1. The molecule has 11 rings (SSSR count). The number of hydrogen-bond acceptors (Lipinski definition) is 6. The summed E-state index contributed by atoms with van der Waals surface area (Å²) in [6.45, 7) is 0. The molecule has 6 heteroatoms. The second kappa shape index (κ2) is 11.6. The van der Waals surface area contributed by atoms with Crippen LogP contribution >= 0.6 is 22.7 Å². The molecule has 0 radical (unpaired) electrons. The third kappa shape index (κ3) is 4.76. The SMILES string of the molecule is c1ccc(C2NC(c3ccc4sc5ccccc5c4c3)NC(c3cccc4c3oc3cc(-c5cccc6c5sc5ccccc56)ccc34)N2)cc1. The van der Waals surface area contributed by atoms with E-state index in [0.29, 0.717) is 0 Å². The van der Waals surface area contributed by atoms with Crippen molar-refractivity contribution in [1.82, 2.24) is 16.0 Å². The van der Waals surface area contributed by atoms with Gasteiger partial charge in [0.25, 0.3) is 0 Å². The van der Waals surface area contributed by atoms with Gasteiger partial charge in [-0.05, 0) is 58.7 Å². The molecule has 1 aliphatic heterocycles. The minimum atomic E-state index is -0.174. The number of hydrogen-bond donors (Lipinski definition) is 3. The monoisotopic (exact) mass is 693 g/mol. The summed E-state index contributed by atoms with van der Waals surface area (Å²) in [7, 11) is 0. The van der Waals surface area contributed by atoms with Crippen molar-refractivity contribution in [3.8, 4) is 11.1 Å². The normalized spacial score (nSPS) is 18.2. The molecule has 1 fully saturated rings. The molecule has 0 bridgehead atoms. The lowest BCUT2D eigenvalue weighted by atomic mass is 10.00. The van der Waals surface area contributed by atoms with E-state index in [1.165, 1.54) is 62.6 Å². The zero-order chi connectivity index (χ0) is 33.5. The van der Waals surface area contributed by atoms with Gasteiger partial charge in [-0.3, -0.25) is 16.0 Å². The van der Waals surface area contributed by atoms with Gasteiger partial charge in [0.15, 0.2) is 0 Å². The van der Waals surface area contributed by atoms with Gasteiger partial charge >= 0.3 is 0 Å². The van der Waals surface area contributed by atoms with Gasteiger partial charge in [-0.1, -0.05) is 115 Å². The second-order valence-corrected chi connectivity index (χ2v) is 15.5. The summed E-state index contributed by atoms with van der Waals surface area (Å²) >= 11 is 3.71. The van der Waals surface area contributed by atoms with E-state index in [2.05, 4.69) is 168 Å². The van der Waals surface area contributed by atoms with Crippen LogP contribution in [0, 0.1) is 0 Å². The number of rotatable bonds is 4. The number of benzene rings is 7. The van der Waals surface area contributed by atoms with Gasteiger partial charge in [-0.15, -0.1) is 22.7 Å². The Morgan fingerprint density at radius 3 is 1.96 bits per heavy atom. The average Bonchev–Trinajstić information content (AvgIpc) is 3.88. The van der Waals surface area contributed by atoms with Crippen LogP contribution < -0.4 is 16.0 Å². The Bertz CT molecular complexity index is 2940. The van der Waals surface area contributed by atoms with Crippen LogP contribution in [0.25, 0.3) is 73.4 Å². The highest BCUT2D eigenvalue weighted by Gasteiger charge is 2.31. The Hall–Kier alpha value is -5.34. The molecule has 51 heavy (non-hydrogen) atoms. The van der Waals surface area contributed by atoms with Crippen LogP contribution in [0.3, 0.4) is 0 Å². The highest BCUT2D eigenvalue weighted by molar-refractivity contribution is 7.26. The maximum absolute atomic E-state index is 6.85. The maximum Gasteiger partial charge on any atom is 0.141 e. The highest BCUT2D eigenvalue weighted by atomic mass is 32.1. The Morgan fingerprint density at radius 1 is 0.431 bits per heavy atom. The molecule has 1 aliphatic rings. The Kier molecular flexibility index (Phi) is 6.69. The molecular formula is C45H31N3OS2. The van der Waals surface area contributed by atoms with Crippen molar-refractivity contribution >= 4 is 85.0 Å². The molecule has 4 heterocycles. The average molecular weight is 694 g/mol. The van der Waals surface area contributed by atoms with Crippen molar-refractivity contribution in [2.75, 3.05) is 0 Å². The van der Waals surface area contributed by atoms with Crippen molar-refractivity contribution in [3.63, 3.8) is 0 Å². The van der Waals surface area contributed by atoms with Gasteiger partial charge in [0.2, 0.25) is 0 Å². The minimum absolute atomic E-state index is 0.0783. The van der Waals surface area contributed by atoms with E-state index >= 15 is 0 Å². The van der Waals surface area contributed by atoms with Crippen LogP contribution in [0.1, 0.15) is 35.2 Å². The largest absolute Gasteiger partial charge is 0.456 e. The Labute approximate surface area is 302 Å². The van der Waals surface area contributed by atoms with Crippen LogP contribution in [0.5, 0.6) is 0 Å². The standard InChI is InChI=1S/C45H31N3OS2/c1-2-10-26(11-3-1)43-46-44(28-21-23-40-36(24-28)32-13-5-6-18-38(32)50-40)48-45(47-43)35-17-9-15-33-30-22-20-27(25-37(30)49-41(33)35)29-14-8-16-34-31-12-4-7-19-39(31)51-42(29)34/h1-25,43-48H. The first-order valence-corrected chi connectivity index (χ1v) is 19.0. The van der Waals surface area contributed by atoms with Crippen molar-refractivity contribution in [1.29, 1.82) is 0 Å². The van der Waals surface area contributed by atoms with Crippen LogP contribution in [0.4, 0.5) is 0 Å². The van der Waals surface area contributed by atoms with Crippen LogP contribution in [-0.4, -0.2) is 0 Å². The Balaban J connectivity index is 1.02. The molecule has 0 aliphatic carbocycles. The summed E-state index contributed by atoms with van der Waals surface area (Å²) in [6.07, 6.45) is -0.352. The van der Waals surface area contributed by atoms with E-state index in [0.717, 1.165) is 27.5 Å². The molecule has 10 aromatic rings. The first kappa shape index (κ1) is 29.4. The number of para-hydroxylation sites is 1. The smallest absolute Gasteiger partial charge is 0.141 e. The number of nitrogens with one attached hydrogen (secondary N) is 3. The van der Waals surface area contributed by atoms with Gasteiger partial charge < -0.3 is 4.42 Å². The lowest BCUT2D eigenvalue weighted by molar-refractivity contribution is 0.203. The minimum Gasteiger partial charge on any atom is -0.456 e. The number of thiophene rings is 2. The number of fused-ring (bicyclic) bond motifs is 9. The molecule has 244 valence electrons. The van der Waals surface area contributed by atoms with E-state index in [1.54, 1.807) is 0 Å². The Morgan fingerprint density at radius 2 is 1.10 bits per heavy atom. The fraction of sp³-hybridized carbons (Fsp3) is 0.0667. The van der Waals surface area contributed by atoms with E-state index in [9.17, 15) is 0 Å². The molecule has 3 atom stereocenters. The topological polar surface area (TPSA) is 49.2 Å². The maximum atomic E-state index is 6.85. The highest BCUT2D eigenvalue weighted by Crippen LogP contribution is 2.42. The molecule has 3 unspecified atom stereocenters. The molecule has 3 aromatic heterocycles.